The summed E-state index contributed by atoms with van der Waals surface area (Å²) >= 11 is 0. The van der Waals surface area contributed by atoms with E-state index in [2.05, 4.69) is 15.6 Å². The molecule has 2 aromatic rings. The van der Waals surface area contributed by atoms with Crippen LogP contribution in [0.4, 0.5) is 10.2 Å². The van der Waals surface area contributed by atoms with E-state index in [-0.39, 0.29) is 11.7 Å². The largest absolute Gasteiger partial charge is 0.364 e. The highest BCUT2D eigenvalue weighted by atomic mass is 19.1. The molecular formula is C14H14FN3O. The molecule has 0 atom stereocenters. The minimum atomic E-state index is -0.398. The predicted molar refractivity (Wildman–Crippen MR) is 71.4 cm³/mol. The predicted octanol–water partition coefficient (Wildman–Crippen LogP) is 2.19. The van der Waals surface area contributed by atoms with E-state index in [9.17, 15) is 9.18 Å². The molecule has 1 heterocycles. The average Bonchev–Trinajstić information content (AvgIpc) is 2.46. The number of rotatable bonds is 4. The maximum absolute atomic E-state index is 13.4. The van der Waals surface area contributed by atoms with Gasteiger partial charge in [0.1, 0.15) is 0 Å². The number of nitrogens with zero attached hydrogens (tertiary/aromatic N) is 1. The van der Waals surface area contributed by atoms with Crippen molar-refractivity contribution in [1.29, 1.82) is 0 Å². The number of anilines is 1. The van der Waals surface area contributed by atoms with Crippen LogP contribution < -0.4 is 10.6 Å². The van der Waals surface area contributed by atoms with Crippen LogP contribution in [0.25, 0.3) is 0 Å². The molecule has 0 aliphatic rings. The zero-order chi connectivity index (χ0) is 13.7. The fourth-order valence-corrected chi connectivity index (χ4v) is 1.67. The molecule has 19 heavy (non-hydrogen) atoms. The fourth-order valence-electron chi connectivity index (χ4n) is 1.67. The van der Waals surface area contributed by atoms with E-state index in [1.54, 1.807) is 25.2 Å². The molecule has 2 N–H and O–H groups in total. The number of nitrogens with one attached hydrogen (secondary N) is 2. The standard InChI is InChI=1S/C14H14FN3O/c1-16-14(19)11-5-2-4-10(8-11)9-18-13-12(15)6-3-7-17-13/h2-8H,9H2,1H3,(H,16,19)(H,17,18). The quantitative estimate of drug-likeness (QED) is 0.885. The highest BCUT2D eigenvalue weighted by Crippen LogP contribution is 2.11. The van der Waals surface area contributed by atoms with Gasteiger partial charge in [-0.1, -0.05) is 12.1 Å². The average molecular weight is 259 g/mol. The molecule has 0 bridgehead atoms. The van der Waals surface area contributed by atoms with Gasteiger partial charge in [0.2, 0.25) is 0 Å². The molecule has 0 aliphatic carbocycles. The molecule has 0 fully saturated rings. The second-order valence-electron chi connectivity index (χ2n) is 3.97. The van der Waals surface area contributed by atoms with Crippen LogP contribution >= 0.6 is 0 Å². The fraction of sp³-hybridized carbons (Fsp3) is 0.143. The first-order valence-corrected chi connectivity index (χ1v) is 5.86. The molecule has 0 saturated carbocycles. The molecule has 0 unspecified atom stereocenters. The Hall–Kier alpha value is -2.43. The van der Waals surface area contributed by atoms with Crippen molar-refractivity contribution >= 4 is 11.7 Å². The SMILES string of the molecule is CNC(=O)c1cccc(CNc2ncccc2F)c1. The second-order valence-corrected chi connectivity index (χ2v) is 3.97. The number of hydrogen-bond donors (Lipinski definition) is 2. The van der Waals surface area contributed by atoms with Crippen LogP contribution in [0.5, 0.6) is 0 Å². The summed E-state index contributed by atoms with van der Waals surface area (Å²) in [6.07, 6.45) is 1.52. The van der Waals surface area contributed by atoms with Gasteiger partial charge >= 0.3 is 0 Å². The third-order valence-electron chi connectivity index (χ3n) is 2.63. The number of carbonyl (C=O) groups excluding carboxylic acids is 1. The lowest BCUT2D eigenvalue weighted by molar-refractivity contribution is 0.0963. The van der Waals surface area contributed by atoms with Crippen molar-refractivity contribution in [3.63, 3.8) is 0 Å². The molecule has 0 aliphatic heterocycles. The van der Waals surface area contributed by atoms with E-state index in [0.29, 0.717) is 12.1 Å². The van der Waals surface area contributed by atoms with Crippen molar-refractivity contribution in [3.8, 4) is 0 Å². The maximum Gasteiger partial charge on any atom is 0.251 e. The van der Waals surface area contributed by atoms with Gasteiger partial charge < -0.3 is 10.6 Å². The first-order valence-electron chi connectivity index (χ1n) is 5.86. The van der Waals surface area contributed by atoms with E-state index in [1.807, 2.05) is 6.07 Å². The van der Waals surface area contributed by atoms with E-state index in [0.717, 1.165) is 5.56 Å². The van der Waals surface area contributed by atoms with Gasteiger partial charge in [-0.2, -0.15) is 0 Å². The van der Waals surface area contributed by atoms with Crippen LogP contribution in [-0.4, -0.2) is 17.9 Å². The van der Waals surface area contributed by atoms with Crippen molar-refractivity contribution in [2.45, 2.75) is 6.54 Å². The molecule has 1 aromatic carbocycles. The summed E-state index contributed by atoms with van der Waals surface area (Å²) in [5.74, 6) is -0.344. The molecule has 4 nitrogen and oxygen atoms in total. The first-order chi connectivity index (χ1) is 9.20. The maximum atomic E-state index is 13.4. The lowest BCUT2D eigenvalue weighted by Gasteiger charge is -2.07. The lowest BCUT2D eigenvalue weighted by atomic mass is 10.1. The summed E-state index contributed by atoms with van der Waals surface area (Å²) in [5.41, 5.74) is 1.45. The van der Waals surface area contributed by atoms with Crippen molar-refractivity contribution in [2.24, 2.45) is 0 Å². The zero-order valence-corrected chi connectivity index (χ0v) is 10.5. The van der Waals surface area contributed by atoms with Gasteiger partial charge in [0.25, 0.3) is 5.91 Å². The number of aromatic nitrogens is 1. The van der Waals surface area contributed by atoms with Crippen LogP contribution in [0.2, 0.25) is 0 Å². The number of halogens is 1. The van der Waals surface area contributed by atoms with Crippen LogP contribution in [0.15, 0.2) is 42.6 Å². The van der Waals surface area contributed by atoms with Crippen molar-refractivity contribution in [2.75, 3.05) is 12.4 Å². The van der Waals surface area contributed by atoms with Gasteiger partial charge in [0.15, 0.2) is 11.6 Å². The summed E-state index contributed by atoms with van der Waals surface area (Å²) in [7, 11) is 1.58. The Morgan fingerprint density at radius 3 is 2.89 bits per heavy atom. The molecule has 0 spiro atoms. The van der Waals surface area contributed by atoms with Crippen LogP contribution in [0.1, 0.15) is 15.9 Å². The smallest absolute Gasteiger partial charge is 0.251 e. The van der Waals surface area contributed by atoms with Gasteiger partial charge in [-0.25, -0.2) is 9.37 Å². The molecule has 98 valence electrons. The number of amides is 1. The Balaban J connectivity index is 2.08. The summed E-state index contributed by atoms with van der Waals surface area (Å²) < 4.78 is 13.4. The topological polar surface area (TPSA) is 54.0 Å². The number of benzene rings is 1. The number of hydrogen-bond acceptors (Lipinski definition) is 3. The molecule has 0 saturated heterocycles. The van der Waals surface area contributed by atoms with Crippen molar-refractivity contribution < 1.29 is 9.18 Å². The highest BCUT2D eigenvalue weighted by molar-refractivity contribution is 5.94. The van der Waals surface area contributed by atoms with Gasteiger partial charge in [0.05, 0.1) is 0 Å². The van der Waals surface area contributed by atoms with Gasteiger partial charge in [-0.05, 0) is 29.8 Å². The van der Waals surface area contributed by atoms with Crippen molar-refractivity contribution in [3.05, 3.63) is 59.5 Å². The van der Waals surface area contributed by atoms with Gasteiger partial charge in [0, 0.05) is 25.4 Å². The Morgan fingerprint density at radius 1 is 1.32 bits per heavy atom. The summed E-state index contributed by atoms with van der Waals surface area (Å²) in [6.45, 7) is 0.402. The van der Waals surface area contributed by atoms with E-state index in [4.69, 9.17) is 0 Å². The Kier molecular flexibility index (Phi) is 4.07. The highest BCUT2D eigenvalue weighted by Gasteiger charge is 2.05. The van der Waals surface area contributed by atoms with Crippen molar-refractivity contribution in [1.82, 2.24) is 10.3 Å². The second kappa shape index (κ2) is 5.95. The van der Waals surface area contributed by atoms with Crippen LogP contribution in [0.3, 0.4) is 0 Å². The Bertz CT molecular complexity index is 586. The third kappa shape index (κ3) is 3.28. The van der Waals surface area contributed by atoms with Gasteiger partial charge in [-0.15, -0.1) is 0 Å². The molecule has 5 heteroatoms. The molecule has 0 radical (unpaired) electrons. The minimum Gasteiger partial charge on any atom is -0.364 e. The van der Waals surface area contributed by atoms with E-state index < -0.39 is 5.82 Å². The first kappa shape index (κ1) is 13.0. The lowest BCUT2D eigenvalue weighted by Crippen LogP contribution is -2.18. The number of pyridine rings is 1. The Labute approximate surface area is 110 Å². The summed E-state index contributed by atoms with van der Waals surface area (Å²) in [6, 6.07) is 10.0. The van der Waals surface area contributed by atoms with E-state index in [1.165, 1.54) is 18.3 Å². The summed E-state index contributed by atoms with van der Waals surface area (Å²) in [5, 5.41) is 5.46. The normalized spacial score (nSPS) is 10.0. The third-order valence-corrected chi connectivity index (χ3v) is 2.63. The number of carbonyl (C=O) groups is 1. The van der Waals surface area contributed by atoms with Gasteiger partial charge in [-0.3, -0.25) is 4.79 Å². The summed E-state index contributed by atoms with van der Waals surface area (Å²) in [4.78, 5) is 15.4. The van der Waals surface area contributed by atoms with Crippen LogP contribution in [0, 0.1) is 5.82 Å². The van der Waals surface area contributed by atoms with Crippen LogP contribution in [-0.2, 0) is 6.54 Å². The molecular weight excluding hydrogens is 245 g/mol. The molecule has 1 amide bonds. The molecule has 2 rings (SSSR count). The van der Waals surface area contributed by atoms with E-state index >= 15 is 0 Å². The Morgan fingerprint density at radius 2 is 2.16 bits per heavy atom. The minimum absolute atomic E-state index is 0.147. The molecule has 1 aromatic heterocycles. The zero-order valence-electron chi connectivity index (χ0n) is 10.5. The monoisotopic (exact) mass is 259 g/mol.